The number of thioether (sulfide) groups is 1. The van der Waals surface area contributed by atoms with Gasteiger partial charge in [0.2, 0.25) is 17.7 Å². The van der Waals surface area contributed by atoms with Gasteiger partial charge in [0, 0.05) is 17.5 Å². The van der Waals surface area contributed by atoms with Crippen LogP contribution in [0, 0.1) is 25.7 Å². The molecule has 3 amide bonds. The number of benzene rings is 2. The van der Waals surface area contributed by atoms with E-state index in [1.165, 1.54) is 0 Å². The van der Waals surface area contributed by atoms with Gasteiger partial charge in [-0.05, 0) is 49.8 Å². The van der Waals surface area contributed by atoms with Gasteiger partial charge in [-0.1, -0.05) is 55.5 Å². The predicted octanol–water partition coefficient (Wildman–Crippen LogP) is 3.59. The Morgan fingerprint density at radius 2 is 1.81 bits per heavy atom. The summed E-state index contributed by atoms with van der Waals surface area (Å²) < 4.78 is -0.709. The van der Waals surface area contributed by atoms with Crippen molar-refractivity contribution < 1.29 is 19.5 Å². The molecule has 5 rings (SSSR count). The second-order valence-electron chi connectivity index (χ2n) is 10.5. The van der Waals surface area contributed by atoms with E-state index >= 15 is 0 Å². The molecule has 2 aromatic carbocycles. The average Bonchev–Trinajstić information content (AvgIpc) is 3.54. The van der Waals surface area contributed by atoms with Crippen LogP contribution >= 0.6 is 11.8 Å². The summed E-state index contributed by atoms with van der Waals surface area (Å²) in [4.78, 5) is 43.4. The summed E-state index contributed by atoms with van der Waals surface area (Å²) in [6, 6.07) is 13.7. The standard InChI is InChI=1S/C29H35N3O4S/c1-4-15-30-26(34)22-21-13-14-29(37-21)23(22)28(36)32(20(16-33)19-11-6-5-7-12-19)25(29)27(35)31-24-17(2)9-8-10-18(24)3/h5-12,20-23,25,33H,4,13-16H2,1-3H3,(H,30,34)(H,31,35)/t20-,21-,22+,23+,25?,29?/m1/s1. The topological polar surface area (TPSA) is 98.7 Å². The van der Waals surface area contributed by atoms with Crippen molar-refractivity contribution in [1.82, 2.24) is 10.2 Å². The summed E-state index contributed by atoms with van der Waals surface area (Å²) in [6.45, 7) is 6.15. The van der Waals surface area contributed by atoms with Crippen LogP contribution in [0.25, 0.3) is 0 Å². The summed E-state index contributed by atoms with van der Waals surface area (Å²) in [5.41, 5.74) is 3.40. The van der Waals surface area contributed by atoms with Crippen LogP contribution in [0.5, 0.6) is 0 Å². The number of carbonyl (C=O) groups excluding carboxylic acids is 3. The summed E-state index contributed by atoms with van der Waals surface area (Å²) in [7, 11) is 0. The molecule has 0 aromatic heterocycles. The molecule has 3 saturated heterocycles. The predicted molar refractivity (Wildman–Crippen MR) is 145 cm³/mol. The Bertz CT molecular complexity index is 1180. The van der Waals surface area contributed by atoms with Crippen LogP contribution in [-0.2, 0) is 14.4 Å². The number of aryl methyl sites for hydroxylation is 2. The molecule has 6 atom stereocenters. The van der Waals surface area contributed by atoms with E-state index in [1.54, 1.807) is 16.7 Å². The molecule has 2 unspecified atom stereocenters. The van der Waals surface area contributed by atoms with Crippen molar-refractivity contribution in [3.63, 3.8) is 0 Å². The van der Waals surface area contributed by atoms with Crippen LogP contribution in [-0.4, -0.2) is 56.9 Å². The third kappa shape index (κ3) is 4.14. The molecule has 3 aliphatic rings. The molecule has 3 fully saturated rings. The fraction of sp³-hybridized carbons (Fsp3) is 0.483. The van der Waals surface area contributed by atoms with Crippen LogP contribution in [0.3, 0.4) is 0 Å². The van der Waals surface area contributed by atoms with Gasteiger partial charge in [-0.15, -0.1) is 11.8 Å². The quantitative estimate of drug-likeness (QED) is 0.493. The van der Waals surface area contributed by atoms with Crippen LogP contribution in [0.2, 0.25) is 0 Å². The van der Waals surface area contributed by atoms with Gasteiger partial charge in [-0.3, -0.25) is 14.4 Å². The Balaban J connectivity index is 1.59. The zero-order valence-corrected chi connectivity index (χ0v) is 22.4. The molecule has 7 nitrogen and oxygen atoms in total. The van der Waals surface area contributed by atoms with Crippen LogP contribution in [0.15, 0.2) is 48.5 Å². The maximum absolute atomic E-state index is 14.3. The summed E-state index contributed by atoms with van der Waals surface area (Å²) in [6.07, 6.45) is 2.28. The second-order valence-corrected chi connectivity index (χ2v) is 12.1. The number of fused-ring (bicyclic) bond motifs is 1. The number of aliphatic hydroxyl groups excluding tert-OH is 1. The highest BCUT2D eigenvalue weighted by molar-refractivity contribution is 8.02. The van der Waals surface area contributed by atoms with Crippen molar-refractivity contribution in [2.24, 2.45) is 11.8 Å². The van der Waals surface area contributed by atoms with Gasteiger partial charge in [0.15, 0.2) is 0 Å². The Hall–Kier alpha value is -2.84. The Labute approximate surface area is 222 Å². The molecule has 1 spiro atoms. The fourth-order valence-corrected chi connectivity index (χ4v) is 8.83. The fourth-order valence-electron chi connectivity index (χ4n) is 6.63. The van der Waals surface area contributed by atoms with Crippen molar-refractivity contribution in [2.45, 2.75) is 62.1 Å². The van der Waals surface area contributed by atoms with E-state index in [9.17, 15) is 19.5 Å². The number of rotatable bonds is 8. The highest BCUT2D eigenvalue weighted by Crippen LogP contribution is 2.67. The van der Waals surface area contributed by atoms with E-state index in [0.29, 0.717) is 13.0 Å². The van der Waals surface area contributed by atoms with Gasteiger partial charge < -0.3 is 20.6 Å². The van der Waals surface area contributed by atoms with Crippen LogP contribution in [0.4, 0.5) is 5.69 Å². The molecule has 8 heteroatoms. The van der Waals surface area contributed by atoms with E-state index in [2.05, 4.69) is 10.6 Å². The maximum atomic E-state index is 14.3. The molecule has 0 radical (unpaired) electrons. The molecular weight excluding hydrogens is 486 g/mol. The minimum atomic E-state index is -0.805. The number of hydrogen-bond acceptors (Lipinski definition) is 5. The number of carbonyl (C=O) groups is 3. The third-order valence-corrected chi connectivity index (χ3v) is 10.2. The monoisotopic (exact) mass is 521 g/mol. The molecule has 37 heavy (non-hydrogen) atoms. The number of anilines is 1. The second kappa shape index (κ2) is 10.1. The van der Waals surface area contributed by atoms with Gasteiger partial charge in [0.1, 0.15) is 6.04 Å². The van der Waals surface area contributed by atoms with Gasteiger partial charge in [-0.25, -0.2) is 0 Å². The number of amides is 3. The molecule has 3 aliphatic heterocycles. The van der Waals surface area contributed by atoms with Crippen molar-refractivity contribution in [3.8, 4) is 0 Å². The number of nitrogens with one attached hydrogen (secondary N) is 2. The number of aliphatic hydroxyl groups is 1. The largest absolute Gasteiger partial charge is 0.394 e. The molecule has 3 N–H and O–H groups in total. The first kappa shape index (κ1) is 25.8. The molecule has 3 heterocycles. The minimum Gasteiger partial charge on any atom is -0.394 e. The van der Waals surface area contributed by atoms with Gasteiger partial charge in [-0.2, -0.15) is 0 Å². The van der Waals surface area contributed by atoms with Crippen LogP contribution < -0.4 is 10.6 Å². The van der Waals surface area contributed by atoms with Crippen LogP contribution in [0.1, 0.15) is 48.9 Å². The highest BCUT2D eigenvalue weighted by Gasteiger charge is 2.74. The van der Waals surface area contributed by atoms with Crippen molar-refractivity contribution >= 4 is 35.2 Å². The smallest absolute Gasteiger partial charge is 0.248 e. The lowest BCUT2D eigenvalue weighted by molar-refractivity contribution is -0.142. The first-order valence-corrected chi connectivity index (χ1v) is 14.0. The number of nitrogens with zero attached hydrogens (tertiary/aromatic N) is 1. The molecule has 2 bridgehead atoms. The zero-order valence-electron chi connectivity index (χ0n) is 21.6. The maximum Gasteiger partial charge on any atom is 0.248 e. The number of para-hydroxylation sites is 1. The van der Waals surface area contributed by atoms with Crippen molar-refractivity contribution in [1.29, 1.82) is 0 Å². The van der Waals surface area contributed by atoms with E-state index in [-0.39, 0.29) is 29.6 Å². The van der Waals surface area contributed by atoms with E-state index < -0.39 is 28.7 Å². The van der Waals surface area contributed by atoms with Gasteiger partial charge in [0.25, 0.3) is 0 Å². The minimum absolute atomic E-state index is 0.00718. The van der Waals surface area contributed by atoms with Gasteiger partial charge in [0.05, 0.1) is 29.2 Å². The zero-order chi connectivity index (χ0) is 26.3. The summed E-state index contributed by atoms with van der Waals surface area (Å²) >= 11 is 1.64. The molecule has 0 aliphatic carbocycles. The molecule has 0 saturated carbocycles. The first-order valence-electron chi connectivity index (χ1n) is 13.1. The number of likely N-dealkylation sites (tertiary alicyclic amines) is 1. The highest BCUT2D eigenvalue weighted by atomic mass is 32.2. The van der Waals surface area contributed by atoms with E-state index in [1.807, 2.05) is 69.3 Å². The van der Waals surface area contributed by atoms with Gasteiger partial charge >= 0.3 is 0 Å². The Morgan fingerprint density at radius 3 is 2.46 bits per heavy atom. The molecule has 196 valence electrons. The molecule has 2 aromatic rings. The lowest BCUT2D eigenvalue weighted by Crippen LogP contribution is -2.52. The van der Waals surface area contributed by atoms with E-state index in [0.717, 1.165) is 35.2 Å². The SMILES string of the molecule is CCCNC(=O)[C@@H]1[C@H]2C(=O)N([C@H](CO)c3ccccc3)C(C(=O)Nc3c(C)cccc3C)C23CC[C@H]1S3. The normalized spacial score (nSPS) is 28.8. The van der Waals surface area contributed by atoms with Crippen molar-refractivity contribution in [3.05, 3.63) is 65.2 Å². The molecular formula is C29H35N3O4S. The van der Waals surface area contributed by atoms with E-state index in [4.69, 9.17) is 0 Å². The summed E-state index contributed by atoms with van der Waals surface area (Å²) in [5, 5.41) is 16.7. The third-order valence-electron chi connectivity index (χ3n) is 8.26. The lowest BCUT2D eigenvalue weighted by atomic mass is 9.70. The number of hydrogen-bond donors (Lipinski definition) is 3. The first-order chi connectivity index (χ1) is 17.8. The summed E-state index contributed by atoms with van der Waals surface area (Å²) in [5.74, 6) is -1.65. The average molecular weight is 522 g/mol. The van der Waals surface area contributed by atoms with Crippen molar-refractivity contribution in [2.75, 3.05) is 18.5 Å². The lowest BCUT2D eigenvalue weighted by Gasteiger charge is -2.37. The Morgan fingerprint density at radius 1 is 1.11 bits per heavy atom. The Kier molecular flexibility index (Phi) is 7.07.